The van der Waals surface area contributed by atoms with E-state index in [1.165, 1.54) is 37.6 Å². The molecule has 0 aromatic heterocycles. The molecule has 138 valence electrons. The molecule has 0 amide bonds. The van der Waals surface area contributed by atoms with Gasteiger partial charge in [0.15, 0.2) is 17.3 Å². The van der Waals surface area contributed by atoms with Gasteiger partial charge in [0, 0.05) is 18.2 Å². The monoisotopic (exact) mass is 356 g/mol. The molecule has 4 nitrogen and oxygen atoms in total. The van der Waals surface area contributed by atoms with E-state index < -0.39 is 5.82 Å². The van der Waals surface area contributed by atoms with Gasteiger partial charge in [-0.15, -0.1) is 0 Å². The third kappa shape index (κ3) is 4.48. The molecule has 5 heteroatoms. The largest absolute Gasteiger partial charge is 0.494 e. The van der Waals surface area contributed by atoms with E-state index in [-0.39, 0.29) is 24.1 Å². The second kappa shape index (κ2) is 8.92. The van der Waals surface area contributed by atoms with Gasteiger partial charge in [-0.25, -0.2) is 4.39 Å². The van der Waals surface area contributed by atoms with Crippen molar-refractivity contribution in [2.24, 2.45) is 0 Å². The lowest BCUT2D eigenvalue weighted by Gasteiger charge is -2.28. The van der Waals surface area contributed by atoms with E-state index in [0.29, 0.717) is 12.1 Å². The summed E-state index contributed by atoms with van der Waals surface area (Å²) >= 11 is 0. The molecule has 26 heavy (non-hydrogen) atoms. The molecule has 0 bridgehead atoms. The minimum atomic E-state index is -0.516. The quantitative estimate of drug-likeness (QED) is 0.736. The number of carbonyl (C=O) groups is 1. The Balaban J connectivity index is 1.60. The first kappa shape index (κ1) is 18.5. The minimum Gasteiger partial charge on any atom is -0.494 e. The number of methoxy groups -OCH3 is 1. The summed E-state index contributed by atoms with van der Waals surface area (Å²) in [5, 5.41) is 3.26. The van der Waals surface area contributed by atoms with Crippen molar-refractivity contribution in [2.45, 2.75) is 18.9 Å². The van der Waals surface area contributed by atoms with Gasteiger partial charge in [0.25, 0.3) is 0 Å². The number of hydrogen-bond acceptors (Lipinski definition) is 4. The van der Waals surface area contributed by atoms with E-state index in [1.807, 2.05) is 18.2 Å². The minimum absolute atomic E-state index is 0.125. The Hall–Kier alpha value is -2.24. The third-order valence-electron chi connectivity index (χ3n) is 4.86. The van der Waals surface area contributed by atoms with Gasteiger partial charge in [0.2, 0.25) is 0 Å². The van der Waals surface area contributed by atoms with E-state index in [4.69, 9.17) is 4.74 Å². The standard InChI is InChI=1S/C21H25FN2O2/c1-26-21-10-9-17(13-18(21)22)20(25)15-23-14-19(24-11-5-6-12-24)16-7-3-2-4-8-16/h2-4,7-10,13,19,23H,5-6,11-12,14-15H2,1H3. The van der Waals surface area contributed by atoms with Crippen LogP contribution in [0.15, 0.2) is 48.5 Å². The Bertz CT molecular complexity index is 730. The molecular formula is C21H25FN2O2. The van der Waals surface area contributed by atoms with Gasteiger partial charge in [-0.2, -0.15) is 0 Å². The lowest BCUT2D eigenvalue weighted by Crippen LogP contribution is -2.36. The topological polar surface area (TPSA) is 41.6 Å². The Morgan fingerprint density at radius 2 is 1.92 bits per heavy atom. The van der Waals surface area contributed by atoms with Gasteiger partial charge in [-0.1, -0.05) is 30.3 Å². The summed E-state index contributed by atoms with van der Waals surface area (Å²) in [4.78, 5) is 14.8. The summed E-state index contributed by atoms with van der Waals surface area (Å²) in [6, 6.07) is 14.9. The zero-order chi connectivity index (χ0) is 18.4. The van der Waals surface area contributed by atoms with Crippen LogP contribution in [0, 0.1) is 5.82 Å². The maximum absolute atomic E-state index is 13.8. The molecule has 1 aliphatic rings. The summed E-state index contributed by atoms with van der Waals surface area (Å²) in [5.41, 5.74) is 1.61. The third-order valence-corrected chi connectivity index (χ3v) is 4.86. The number of rotatable bonds is 8. The van der Waals surface area contributed by atoms with Crippen molar-refractivity contribution in [2.75, 3.05) is 33.3 Å². The maximum Gasteiger partial charge on any atom is 0.176 e. The van der Waals surface area contributed by atoms with Crippen LogP contribution in [0.5, 0.6) is 5.75 Å². The number of nitrogens with one attached hydrogen (secondary N) is 1. The second-order valence-corrected chi connectivity index (χ2v) is 6.57. The predicted octanol–water partition coefficient (Wildman–Crippen LogP) is 3.44. The fraction of sp³-hybridized carbons (Fsp3) is 0.381. The molecule has 1 heterocycles. The number of nitrogens with zero attached hydrogens (tertiary/aromatic N) is 1. The normalized spacial score (nSPS) is 15.8. The van der Waals surface area contributed by atoms with Crippen molar-refractivity contribution < 1.29 is 13.9 Å². The highest BCUT2D eigenvalue weighted by molar-refractivity contribution is 5.97. The first-order chi connectivity index (χ1) is 12.7. The molecule has 1 fully saturated rings. The van der Waals surface area contributed by atoms with Gasteiger partial charge in [0.05, 0.1) is 13.7 Å². The fourth-order valence-corrected chi connectivity index (χ4v) is 3.45. The molecule has 0 saturated carbocycles. The highest BCUT2D eigenvalue weighted by Gasteiger charge is 2.23. The molecule has 1 atom stereocenters. The Labute approximate surface area is 154 Å². The zero-order valence-corrected chi connectivity index (χ0v) is 15.1. The summed E-state index contributed by atoms with van der Waals surface area (Å²) in [6.45, 7) is 3.04. The van der Waals surface area contributed by atoms with Crippen molar-refractivity contribution in [1.29, 1.82) is 0 Å². The van der Waals surface area contributed by atoms with Gasteiger partial charge in [-0.3, -0.25) is 9.69 Å². The molecule has 2 aromatic rings. The lowest BCUT2D eigenvalue weighted by atomic mass is 10.1. The first-order valence-electron chi connectivity index (χ1n) is 9.05. The Kier molecular flexibility index (Phi) is 6.36. The number of Topliss-reactive ketones (excluding diaryl/α,β-unsaturated/α-hetero) is 1. The summed E-state index contributed by atoms with van der Waals surface area (Å²) in [6.07, 6.45) is 2.43. The smallest absolute Gasteiger partial charge is 0.176 e. The summed E-state index contributed by atoms with van der Waals surface area (Å²) in [5.74, 6) is -0.495. The van der Waals surface area contributed by atoms with Crippen LogP contribution < -0.4 is 10.1 Å². The molecule has 0 radical (unpaired) electrons. The average Bonchev–Trinajstić information content (AvgIpc) is 3.20. The van der Waals surface area contributed by atoms with E-state index >= 15 is 0 Å². The van der Waals surface area contributed by atoms with Crippen LogP contribution in [0.3, 0.4) is 0 Å². The number of benzene rings is 2. The van der Waals surface area contributed by atoms with E-state index in [2.05, 4.69) is 22.3 Å². The van der Waals surface area contributed by atoms with Gasteiger partial charge in [-0.05, 0) is 49.7 Å². The van der Waals surface area contributed by atoms with Crippen LogP contribution >= 0.6 is 0 Å². The molecule has 0 aliphatic carbocycles. The number of hydrogen-bond donors (Lipinski definition) is 1. The maximum atomic E-state index is 13.8. The van der Waals surface area contributed by atoms with Crippen molar-refractivity contribution in [3.05, 3.63) is 65.5 Å². The molecule has 1 aliphatic heterocycles. The van der Waals surface area contributed by atoms with E-state index in [0.717, 1.165) is 13.1 Å². The van der Waals surface area contributed by atoms with Crippen molar-refractivity contribution in [3.63, 3.8) is 0 Å². The van der Waals surface area contributed by atoms with Gasteiger partial charge >= 0.3 is 0 Å². The van der Waals surface area contributed by atoms with Crippen LogP contribution in [0.4, 0.5) is 4.39 Å². The van der Waals surface area contributed by atoms with E-state index in [9.17, 15) is 9.18 Å². The predicted molar refractivity (Wildman–Crippen MR) is 100 cm³/mol. The van der Waals surface area contributed by atoms with Crippen LogP contribution in [-0.4, -0.2) is 44.0 Å². The molecule has 1 unspecified atom stereocenters. The molecule has 0 spiro atoms. The van der Waals surface area contributed by atoms with Crippen LogP contribution in [0.25, 0.3) is 0 Å². The van der Waals surface area contributed by atoms with Gasteiger partial charge in [0.1, 0.15) is 0 Å². The fourth-order valence-electron chi connectivity index (χ4n) is 3.45. The molecule has 1 saturated heterocycles. The molecular weight excluding hydrogens is 331 g/mol. The Morgan fingerprint density at radius 1 is 1.19 bits per heavy atom. The van der Waals surface area contributed by atoms with Crippen LogP contribution in [-0.2, 0) is 0 Å². The highest BCUT2D eigenvalue weighted by Crippen LogP contribution is 2.24. The SMILES string of the molecule is COc1ccc(C(=O)CNCC(c2ccccc2)N2CCCC2)cc1F. The van der Waals surface area contributed by atoms with Crippen molar-refractivity contribution in [3.8, 4) is 5.75 Å². The first-order valence-corrected chi connectivity index (χ1v) is 9.05. The van der Waals surface area contributed by atoms with E-state index in [1.54, 1.807) is 6.07 Å². The Morgan fingerprint density at radius 3 is 2.58 bits per heavy atom. The van der Waals surface area contributed by atoms with Crippen molar-refractivity contribution in [1.82, 2.24) is 10.2 Å². The second-order valence-electron chi connectivity index (χ2n) is 6.57. The van der Waals surface area contributed by atoms with Crippen LogP contribution in [0.1, 0.15) is 34.8 Å². The molecule has 1 N–H and O–H groups in total. The summed E-state index contributed by atoms with van der Waals surface area (Å²) in [7, 11) is 1.41. The van der Waals surface area contributed by atoms with Gasteiger partial charge < -0.3 is 10.1 Å². The number of carbonyl (C=O) groups excluding carboxylic acids is 1. The lowest BCUT2D eigenvalue weighted by molar-refractivity contribution is 0.0987. The average molecular weight is 356 g/mol. The number of likely N-dealkylation sites (tertiary alicyclic amines) is 1. The number of ketones is 1. The number of halogens is 1. The molecule has 3 rings (SSSR count). The highest BCUT2D eigenvalue weighted by atomic mass is 19.1. The number of ether oxygens (including phenoxy) is 1. The summed E-state index contributed by atoms with van der Waals surface area (Å²) < 4.78 is 18.7. The van der Waals surface area contributed by atoms with Crippen molar-refractivity contribution >= 4 is 5.78 Å². The molecule has 2 aromatic carbocycles. The van der Waals surface area contributed by atoms with Crippen LogP contribution in [0.2, 0.25) is 0 Å². The zero-order valence-electron chi connectivity index (χ0n) is 15.1.